The average molecular weight is 355 g/mol. The fourth-order valence-electron chi connectivity index (χ4n) is 4.01. The minimum Gasteiger partial charge on any atom is -0.365 e. The Balaban J connectivity index is 1.52. The van der Waals surface area contributed by atoms with E-state index in [4.69, 9.17) is 4.74 Å². The Kier molecular flexibility index (Phi) is 4.68. The molecule has 0 saturated carbocycles. The number of carbonyl (C=O) groups excluding carboxylic acids is 2. The molecule has 2 aliphatic heterocycles. The molecule has 0 spiro atoms. The maximum absolute atomic E-state index is 13.2. The number of nitrogens with zero attached hydrogens (tertiary/aromatic N) is 2. The molecule has 3 heterocycles. The van der Waals surface area contributed by atoms with Crippen LogP contribution < -0.4 is 0 Å². The van der Waals surface area contributed by atoms with Crippen LogP contribution in [-0.4, -0.2) is 65.5 Å². The van der Waals surface area contributed by atoms with Crippen LogP contribution in [0.5, 0.6) is 0 Å². The number of nitrogens with one attached hydrogen (secondary N) is 1. The number of rotatable bonds is 2. The normalized spacial score (nSPS) is 21.2. The van der Waals surface area contributed by atoms with Crippen molar-refractivity contribution in [3.63, 3.8) is 0 Å². The van der Waals surface area contributed by atoms with Gasteiger partial charge in [-0.05, 0) is 32.3 Å². The van der Waals surface area contributed by atoms with E-state index in [-0.39, 0.29) is 11.8 Å². The molecule has 0 bridgehead atoms. The molecule has 2 amide bonds. The van der Waals surface area contributed by atoms with Gasteiger partial charge in [0.1, 0.15) is 0 Å². The van der Waals surface area contributed by atoms with Gasteiger partial charge >= 0.3 is 0 Å². The average Bonchev–Trinajstić information content (AvgIpc) is 3.03. The number of para-hydroxylation sites is 1. The molecular formula is C20H25N3O3. The number of benzene rings is 1. The van der Waals surface area contributed by atoms with Crippen molar-refractivity contribution in [1.82, 2.24) is 14.8 Å². The van der Waals surface area contributed by atoms with E-state index in [1.54, 1.807) is 4.90 Å². The maximum atomic E-state index is 13.2. The van der Waals surface area contributed by atoms with E-state index in [1.165, 1.54) is 6.42 Å². The molecule has 4 rings (SSSR count). The number of fused-ring (bicyclic) bond motifs is 1. The second-order valence-electron chi connectivity index (χ2n) is 7.17. The Bertz CT molecular complexity index is 823. The third-order valence-electron chi connectivity index (χ3n) is 5.40. The van der Waals surface area contributed by atoms with Crippen LogP contribution >= 0.6 is 0 Å². The van der Waals surface area contributed by atoms with Gasteiger partial charge in [0.15, 0.2) is 6.10 Å². The lowest BCUT2D eigenvalue weighted by Gasteiger charge is -2.36. The van der Waals surface area contributed by atoms with Gasteiger partial charge in [0.05, 0.1) is 18.7 Å². The van der Waals surface area contributed by atoms with Crippen LogP contribution in [0.4, 0.5) is 0 Å². The number of hydrogen-bond acceptors (Lipinski definition) is 3. The zero-order chi connectivity index (χ0) is 18.1. The number of ether oxygens (including phenoxy) is 1. The van der Waals surface area contributed by atoms with Crippen molar-refractivity contribution in [2.75, 3.05) is 32.8 Å². The SMILES string of the molecule is Cc1[nH]c2ccccc2c1C(=O)N1CCO[C@H](C(=O)N2CCCCC2)C1. The number of aromatic nitrogens is 1. The molecule has 0 radical (unpaired) electrons. The van der Waals surface area contributed by atoms with Crippen molar-refractivity contribution in [3.8, 4) is 0 Å². The summed E-state index contributed by atoms with van der Waals surface area (Å²) in [4.78, 5) is 32.8. The summed E-state index contributed by atoms with van der Waals surface area (Å²) >= 11 is 0. The van der Waals surface area contributed by atoms with Crippen molar-refractivity contribution in [1.29, 1.82) is 0 Å². The van der Waals surface area contributed by atoms with Gasteiger partial charge in [-0.3, -0.25) is 9.59 Å². The van der Waals surface area contributed by atoms with Crippen molar-refractivity contribution in [2.24, 2.45) is 0 Å². The Labute approximate surface area is 153 Å². The van der Waals surface area contributed by atoms with E-state index in [0.717, 1.165) is 42.5 Å². The summed E-state index contributed by atoms with van der Waals surface area (Å²) in [6.45, 7) is 4.76. The number of H-pyrrole nitrogens is 1. The molecule has 2 aliphatic rings. The number of aromatic amines is 1. The fourth-order valence-corrected chi connectivity index (χ4v) is 4.01. The lowest BCUT2D eigenvalue weighted by atomic mass is 10.1. The van der Waals surface area contributed by atoms with Crippen LogP contribution in [0.2, 0.25) is 0 Å². The quantitative estimate of drug-likeness (QED) is 0.899. The summed E-state index contributed by atoms with van der Waals surface area (Å²) in [5.74, 6) is -0.00228. The van der Waals surface area contributed by atoms with Gasteiger partial charge in [-0.2, -0.15) is 0 Å². The molecule has 2 saturated heterocycles. The lowest BCUT2D eigenvalue weighted by Crippen LogP contribution is -2.53. The standard InChI is InChI=1S/C20H25N3O3/c1-14-18(15-7-3-4-8-16(15)21-14)20(25)23-11-12-26-17(13-23)19(24)22-9-5-2-6-10-22/h3-4,7-8,17,21H,2,5-6,9-13H2,1H3/t17-/m0/s1. The highest BCUT2D eigenvalue weighted by Crippen LogP contribution is 2.24. The molecule has 0 unspecified atom stereocenters. The minimum atomic E-state index is -0.545. The zero-order valence-corrected chi connectivity index (χ0v) is 15.2. The number of morpholine rings is 1. The predicted octanol–water partition coefficient (Wildman–Crippen LogP) is 2.33. The van der Waals surface area contributed by atoms with Crippen LogP contribution in [0, 0.1) is 6.92 Å². The number of amides is 2. The summed E-state index contributed by atoms with van der Waals surface area (Å²) in [7, 11) is 0. The van der Waals surface area contributed by atoms with Crippen LogP contribution in [0.3, 0.4) is 0 Å². The van der Waals surface area contributed by atoms with Crippen LogP contribution in [-0.2, 0) is 9.53 Å². The molecule has 1 aromatic carbocycles. The van der Waals surface area contributed by atoms with Gasteiger partial charge in [0.25, 0.3) is 11.8 Å². The Morgan fingerprint density at radius 2 is 1.85 bits per heavy atom. The van der Waals surface area contributed by atoms with Gasteiger partial charge in [-0.25, -0.2) is 0 Å². The highest BCUT2D eigenvalue weighted by Gasteiger charge is 2.34. The Morgan fingerprint density at radius 1 is 1.08 bits per heavy atom. The first kappa shape index (κ1) is 17.1. The minimum absolute atomic E-state index is 0.0258. The smallest absolute Gasteiger partial charge is 0.256 e. The van der Waals surface area contributed by atoms with Crippen LogP contribution in [0.15, 0.2) is 24.3 Å². The lowest BCUT2D eigenvalue weighted by molar-refractivity contribution is -0.149. The molecule has 6 heteroatoms. The Hall–Kier alpha value is -2.34. The molecule has 138 valence electrons. The number of carbonyl (C=O) groups is 2. The molecule has 2 fully saturated rings. The largest absolute Gasteiger partial charge is 0.365 e. The van der Waals surface area contributed by atoms with E-state index in [2.05, 4.69) is 4.98 Å². The first-order valence-corrected chi connectivity index (χ1v) is 9.42. The van der Waals surface area contributed by atoms with Crippen molar-refractivity contribution < 1.29 is 14.3 Å². The summed E-state index contributed by atoms with van der Waals surface area (Å²) in [6.07, 6.45) is 2.74. The van der Waals surface area contributed by atoms with Crippen molar-refractivity contribution >= 4 is 22.7 Å². The molecule has 2 aromatic rings. The molecule has 26 heavy (non-hydrogen) atoms. The van der Waals surface area contributed by atoms with Gasteiger partial charge in [-0.1, -0.05) is 18.2 Å². The van der Waals surface area contributed by atoms with Crippen molar-refractivity contribution in [3.05, 3.63) is 35.5 Å². The van der Waals surface area contributed by atoms with Crippen LogP contribution in [0.1, 0.15) is 35.3 Å². The molecule has 1 atom stereocenters. The summed E-state index contributed by atoms with van der Waals surface area (Å²) in [5, 5.41) is 0.931. The monoisotopic (exact) mass is 355 g/mol. The predicted molar refractivity (Wildman–Crippen MR) is 99.1 cm³/mol. The molecule has 1 aromatic heterocycles. The van der Waals surface area contributed by atoms with Crippen LogP contribution in [0.25, 0.3) is 10.9 Å². The maximum Gasteiger partial charge on any atom is 0.256 e. The van der Waals surface area contributed by atoms with E-state index in [1.807, 2.05) is 36.1 Å². The summed E-state index contributed by atoms with van der Waals surface area (Å²) < 4.78 is 5.72. The second-order valence-corrected chi connectivity index (χ2v) is 7.17. The number of piperidine rings is 1. The number of likely N-dealkylation sites (tertiary alicyclic amines) is 1. The van der Waals surface area contributed by atoms with Crippen molar-refractivity contribution in [2.45, 2.75) is 32.3 Å². The Morgan fingerprint density at radius 3 is 2.65 bits per heavy atom. The summed E-state index contributed by atoms with van der Waals surface area (Å²) in [6, 6.07) is 7.83. The first-order chi connectivity index (χ1) is 12.6. The summed E-state index contributed by atoms with van der Waals surface area (Å²) in [5.41, 5.74) is 2.52. The third-order valence-corrected chi connectivity index (χ3v) is 5.40. The van der Waals surface area contributed by atoms with E-state index in [0.29, 0.717) is 25.3 Å². The molecular weight excluding hydrogens is 330 g/mol. The molecule has 1 N–H and O–H groups in total. The third kappa shape index (κ3) is 3.09. The van der Waals surface area contributed by atoms with Gasteiger partial charge < -0.3 is 19.5 Å². The fraction of sp³-hybridized carbons (Fsp3) is 0.500. The first-order valence-electron chi connectivity index (χ1n) is 9.42. The highest BCUT2D eigenvalue weighted by atomic mass is 16.5. The van der Waals surface area contributed by atoms with E-state index >= 15 is 0 Å². The van der Waals surface area contributed by atoms with E-state index in [9.17, 15) is 9.59 Å². The van der Waals surface area contributed by atoms with Gasteiger partial charge in [0, 0.05) is 36.2 Å². The second kappa shape index (κ2) is 7.11. The van der Waals surface area contributed by atoms with Gasteiger partial charge in [0.2, 0.25) is 0 Å². The molecule has 6 nitrogen and oxygen atoms in total. The number of aryl methyl sites for hydroxylation is 1. The highest BCUT2D eigenvalue weighted by molar-refractivity contribution is 6.08. The van der Waals surface area contributed by atoms with E-state index < -0.39 is 6.10 Å². The van der Waals surface area contributed by atoms with Gasteiger partial charge in [-0.15, -0.1) is 0 Å². The number of hydrogen-bond donors (Lipinski definition) is 1. The topological polar surface area (TPSA) is 65.6 Å². The zero-order valence-electron chi connectivity index (χ0n) is 15.2. The molecule has 0 aliphatic carbocycles.